The lowest BCUT2D eigenvalue weighted by Gasteiger charge is -2.37. The van der Waals surface area contributed by atoms with E-state index in [1.807, 2.05) is 60.7 Å². The van der Waals surface area contributed by atoms with Crippen molar-refractivity contribution in [3.05, 3.63) is 100 Å². The number of hydrogen-bond acceptors (Lipinski definition) is 5. The summed E-state index contributed by atoms with van der Waals surface area (Å²) in [5.74, 6) is 0.644. The van der Waals surface area contributed by atoms with E-state index in [4.69, 9.17) is 4.74 Å². The number of para-hydroxylation sites is 1. The Morgan fingerprint density at radius 3 is 2.29 bits per heavy atom. The third kappa shape index (κ3) is 5.18. The lowest BCUT2D eigenvalue weighted by atomic mass is 10.1. The van der Waals surface area contributed by atoms with E-state index in [1.54, 1.807) is 0 Å². The Balaban J connectivity index is 1.17. The monoisotopic (exact) mass is 469 g/mol. The fourth-order valence-corrected chi connectivity index (χ4v) is 5.11. The molecule has 2 heterocycles. The number of hydrogen-bond donors (Lipinski definition) is 0. The third-order valence-electron chi connectivity index (χ3n) is 6.04. The molecule has 0 aliphatic carbocycles. The highest BCUT2D eigenvalue weighted by Gasteiger charge is 2.28. The molecule has 0 spiro atoms. The van der Waals surface area contributed by atoms with Crippen LogP contribution >= 0.6 is 11.8 Å². The Kier molecular flexibility index (Phi) is 6.67. The molecule has 0 bridgehead atoms. The fourth-order valence-electron chi connectivity index (χ4n) is 4.14. The zero-order chi connectivity index (χ0) is 23.3. The summed E-state index contributed by atoms with van der Waals surface area (Å²) in [7, 11) is 0. The number of ether oxygens (including phenoxy) is 1. The molecule has 5 nitrogen and oxygen atoms in total. The number of aryl methyl sites for hydroxylation is 1. The van der Waals surface area contributed by atoms with Crippen LogP contribution in [0.3, 0.4) is 0 Å². The molecule has 0 N–H and O–H groups in total. The van der Waals surface area contributed by atoms with Gasteiger partial charge in [-0.05, 0) is 59.7 Å². The first-order chi connectivity index (χ1) is 16.7. The molecule has 1 saturated heterocycles. The van der Waals surface area contributed by atoms with Crippen molar-refractivity contribution in [1.82, 2.24) is 4.90 Å². The zero-order valence-corrected chi connectivity index (χ0v) is 20.0. The van der Waals surface area contributed by atoms with E-state index in [-0.39, 0.29) is 5.91 Å². The summed E-state index contributed by atoms with van der Waals surface area (Å²) in [4.78, 5) is 22.2. The molecule has 0 radical (unpaired) electrons. The van der Waals surface area contributed by atoms with Gasteiger partial charge < -0.3 is 14.5 Å². The highest BCUT2D eigenvalue weighted by Crippen LogP contribution is 2.31. The second-order valence-electron chi connectivity index (χ2n) is 8.41. The Morgan fingerprint density at radius 2 is 1.56 bits per heavy atom. The number of benzene rings is 3. The van der Waals surface area contributed by atoms with E-state index < -0.39 is 0 Å². The van der Waals surface area contributed by atoms with Gasteiger partial charge in [0.15, 0.2) is 5.17 Å². The maximum Gasteiger partial charge on any atom is 0.286 e. The number of carbonyl (C=O) groups is 1. The van der Waals surface area contributed by atoms with E-state index in [2.05, 4.69) is 46.0 Å². The lowest BCUT2D eigenvalue weighted by molar-refractivity contribution is -0.113. The van der Waals surface area contributed by atoms with Crippen LogP contribution in [0.2, 0.25) is 0 Å². The predicted octanol–water partition coefficient (Wildman–Crippen LogP) is 5.37. The standard InChI is InChI=1S/C28H27N3O2S/c1-21-7-5-6-10-25(21)30-15-17-31(18-16-30)28-29-27(32)26(34-28)19-22-11-13-24(14-12-22)33-20-23-8-3-2-4-9-23/h2-14,19H,15-18,20H2,1H3/b26-19+. The van der Waals surface area contributed by atoms with Gasteiger partial charge in [0.1, 0.15) is 12.4 Å². The quantitative estimate of drug-likeness (QED) is 0.471. The molecule has 5 rings (SSSR count). The van der Waals surface area contributed by atoms with Crippen molar-refractivity contribution in [2.45, 2.75) is 13.5 Å². The number of carbonyl (C=O) groups excluding carboxylic acids is 1. The first-order valence-corrected chi connectivity index (χ1v) is 12.3. The van der Waals surface area contributed by atoms with E-state index in [0.717, 1.165) is 48.2 Å². The van der Waals surface area contributed by atoms with Gasteiger partial charge in [0, 0.05) is 31.9 Å². The topological polar surface area (TPSA) is 45.1 Å². The van der Waals surface area contributed by atoms with Crippen molar-refractivity contribution < 1.29 is 9.53 Å². The van der Waals surface area contributed by atoms with Crippen LogP contribution in [-0.2, 0) is 11.4 Å². The molecule has 2 aliphatic heterocycles. The Labute approximate surface area is 204 Å². The highest BCUT2D eigenvalue weighted by atomic mass is 32.2. The largest absolute Gasteiger partial charge is 0.489 e. The van der Waals surface area contributed by atoms with Crippen molar-refractivity contribution in [2.24, 2.45) is 4.99 Å². The van der Waals surface area contributed by atoms with Gasteiger partial charge in [0.05, 0.1) is 4.91 Å². The number of anilines is 1. The number of piperazine rings is 1. The summed E-state index contributed by atoms with van der Waals surface area (Å²) in [6.45, 7) is 6.23. The van der Waals surface area contributed by atoms with Gasteiger partial charge in [-0.15, -0.1) is 0 Å². The van der Waals surface area contributed by atoms with Crippen LogP contribution in [0.25, 0.3) is 6.08 Å². The van der Waals surface area contributed by atoms with Crippen molar-refractivity contribution in [1.29, 1.82) is 0 Å². The van der Waals surface area contributed by atoms with Gasteiger partial charge in [-0.1, -0.05) is 60.7 Å². The minimum atomic E-state index is -0.161. The number of aliphatic imine (C=N–C) groups is 1. The molecule has 34 heavy (non-hydrogen) atoms. The summed E-state index contributed by atoms with van der Waals surface area (Å²) in [6, 6.07) is 26.4. The number of thioether (sulfide) groups is 1. The molecule has 0 aromatic heterocycles. The maximum absolute atomic E-state index is 12.6. The average molecular weight is 470 g/mol. The molecular formula is C28H27N3O2S. The van der Waals surface area contributed by atoms with E-state index in [0.29, 0.717) is 11.5 Å². The van der Waals surface area contributed by atoms with Gasteiger partial charge >= 0.3 is 0 Å². The Bertz CT molecular complexity index is 1210. The molecule has 172 valence electrons. The van der Waals surface area contributed by atoms with Crippen LogP contribution in [0.5, 0.6) is 5.75 Å². The molecule has 1 amide bonds. The average Bonchev–Trinajstić information content (AvgIpc) is 3.24. The van der Waals surface area contributed by atoms with Crippen LogP contribution in [0.1, 0.15) is 16.7 Å². The van der Waals surface area contributed by atoms with Crippen LogP contribution in [-0.4, -0.2) is 42.2 Å². The first kappa shape index (κ1) is 22.3. The molecule has 0 unspecified atom stereocenters. The van der Waals surface area contributed by atoms with E-state index >= 15 is 0 Å². The summed E-state index contributed by atoms with van der Waals surface area (Å²) in [6.07, 6.45) is 1.91. The number of amidine groups is 1. The predicted molar refractivity (Wildman–Crippen MR) is 140 cm³/mol. The highest BCUT2D eigenvalue weighted by molar-refractivity contribution is 8.18. The fraction of sp³-hybridized carbons (Fsp3) is 0.214. The summed E-state index contributed by atoms with van der Waals surface area (Å²) in [5, 5.41) is 0.809. The normalized spacial score (nSPS) is 17.3. The number of nitrogens with zero attached hydrogens (tertiary/aromatic N) is 3. The first-order valence-electron chi connectivity index (χ1n) is 11.5. The molecule has 2 aliphatic rings. The van der Waals surface area contributed by atoms with E-state index in [9.17, 15) is 4.79 Å². The molecular weight excluding hydrogens is 442 g/mol. The van der Waals surface area contributed by atoms with Gasteiger partial charge in [-0.25, -0.2) is 0 Å². The van der Waals surface area contributed by atoms with Crippen molar-refractivity contribution in [3.8, 4) is 5.75 Å². The van der Waals surface area contributed by atoms with Crippen molar-refractivity contribution >= 4 is 34.6 Å². The third-order valence-corrected chi connectivity index (χ3v) is 7.09. The summed E-state index contributed by atoms with van der Waals surface area (Å²) < 4.78 is 5.86. The Hall–Kier alpha value is -3.51. The van der Waals surface area contributed by atoms with Gasteiger partial charge in [-0.2, -0.15) is 4.99 Å². The Morgan fingerprint density at radius 1 is 0.882 bits per heavy atom. The van der Waals surface area contributed by atoms with Crippen LogP contribution in [0.4, 0.5) is 5.69 Å². The van der Waals surface area contributed by atoms with Crippen molar-refractivity contribution in [3.63, 3.8) is 0 Å². The molecule has 0 atom stereocenters. The zero-order valence-electron chi connectivity index (χ0n) is 19.2. The molecule has 3 aromatic carbocycles. The lowest BCUT2D eigenvalue weighted by Crippen LogP contribution is -2.48. The van der Waals surface area contributed by atoms with Crippen LogP contribution in [0, 0.1) is 6.92 Å². The second kappa shape index (κ2) is 10.2. The molecule has 3 aromatic rings. The molecule has 1 fully saturated rings. The second-order valence-corrected chi connectivity index (χ2v) is 9.42. The van der Waals surface area contributed by atoms with Crippen LogP contribution in [0.15, 0.2) is 88.8 Å². The van der Waals surface area contributed by atoms with Crippen LogP contribution < -0.4 is 9.64 Å². The van der Waals surface area contributed by atoms with E-state index in [1.165, 1.54) is 23.0 Å². The summed E-state index contributed by atoms with van der Waals surface area (Å²) >= 11 is 1.47. The smallest absolute Gasteiger partial charge is 0.286 e. The van der Waals surface area contributed by atoms with Gasteiger partial charge in [-0.3, -0.25) is 4.79 Å². The van der Waals surface area contributed by atoms with Crippen molar-refractivity contribution in [2.75, 3.05) is 31.1 Å². The molecule has 0 saturated carbocycles. The van der Waals surface area contributed by atoms with Gasteiger partial charge in [0.25, 0.3) is 5.91 Å². The SMILES string of the molecule is Cc1ccccc1N1CCN(C2=NC(=O)/C(=C\c3ccc(OCc4ccccc4)cc3)S2)CC1. The maximum atomic E-state index is 12.6. The number of amides is 1. The summed E-state index contributed by atoms with van der Waals surface area (Å²) in [5.41, 5.74) is 4.67. The minimum Gasteiger partial charge on any atom is -0.489 e. The molecule has 6 heteroatoms. The minimum absolute atomic E-state index is 0.161. The van der Waals surface area contributed by atoms with Gasteiger partial charge in [0.2, 0.25) is 0 Å². The number of rotatable bonds is 5.